The highest BCUT2D eigenvalue weighted by Gasteiger charge is 1.98. The van der Waals surface area contributed by atoms with Crippen LogP contribution in [0.1, 0.15) is 11.1 Å². The fraction of sp³-hybridized carbons (Fsp3) is 0.0952. The number of rotatable bonds is 8. The minimum atomic E-state index is 0.639. The van der Waals surface area contributed by atoms with E-state index in [2.05, 4.69) is 30.7 Å². The van der Waals surface area contributed by atoms with Crippen molar-refractivity contribution in [3.8, 4) is 5.75 Å². The molecule has 0 spiro atoms. The van der Waals surface area contributed by atoms with Gasteiger partial charge in [-0.05, 0) is 74.0 Å². The fourth-order valence-electron chi connectivity index (χ4n) is 2.41. The molecule has 0 unspecified atom stereocenters. The molecule has 0 saturated carbocycles. The first-order valence-corrected chi connectivity index (χ1v) is 9.41. The molecular formula is C21H19N3O4S. The summed E-state index contributed by atoms with van der Waals surface area (Å²) in [7, 11) is 0. The van der Waals surface area contributed by atoms with Crippen LogP contribution >= 0.6 is 12.0 Å². The molecule has 0 aliphatic rings. The van der Waals surface area contributed by atoms with Gasteiger partial charge in [-0.2, -0.15) is 10.2 Å². The predicted octanol–water partition coefficient (Wildman–Crippen LogP) is 6.89. The topological polar surface area (TPSA) is 85.0 Å². The third-order valence-electron chi connectivity index (χ3n) is 3.85. The lowest BCUT2D eigenvalue weighted by molar-refractivity contribution is -0.432. The molecule has 0 radical (unpaired) electrons. The molecule has 0 bridgehead atoms. The van der Waals surface area contributed by atoms with Gasteiger partial charge in [0, 0.05) is 4.90 Å². The highest BCUT2D eigenvalue weighted by atomic mass is 32.2. The second-order valence-electron chi connectivity index (χ2n) is 6.06. The van der Waals surface area contributed by atoms with E-state index in [0.29, 0.717) is 11.4 Å². The normalized spacial score (nSPS) is 11.4. The minimum Gasteiger partial charge on any atom is -0.446 e. The van der Waals surface area contributed by atoms with E-state index < -0.39 is 0 Å². The molecule has 148 valence electrons. The van der Waals surface area contributed by atoms with Gasteiger partial charge < -0.3 is 4.74 Å². The third-order valence-corrected chi connectivity index (χ3v) is 4.44. The Morgan fingerprint density at radius 1 is 0.862 bits per heavy atom. The van der Waals surface area contributed by atoms with Gasteiger partial charge in [-0.25, -0.2) is 10.2 Å². The Balaban J connectivity index is 1.55. The Kier molecular flexibility index (Phi) is 7.48. The molecule has 0 amide bonds. The van der Waals surface area contributed by atoms with Crippen LogP contribution in [-0.2, 0) is 9.37 Å². The molecule has 0 aliphatic carbocycles. The predicted molar refractivity (Wildman–Crippen MR) is 112 cm³/mol. The van der Waals surface area contributed by atoms with Crippen molar-refractivity contribution in [2.24, 2.45) is 15.2 Å². The van der Waals surface area contributed by atoms with E-state index in [1.165, 1.54) is 12.0 Å². The number of hydrogen-bond donors (Lipinski definition) is 1. The first-order chi connectivity index (χ1) is 14.1. The first kappa shape index (κ1) is 20.7. The molecule has 0 atom stereocenters. The average Bonchev–Trinajstić information content (AvgIpc) is 2.73. The number of benzene rings is 3. The maximum Gasteiger partial charge on any atom is 0.181 e. The van der Waals surface area contributed by atoms with Crippen molar-refractivity contribution >= 4 is 35.5 Å². The summed E-state index contributed by atoms with van der Waals surface area (Å²) in [5.41, 5.74) is 4.58. The fourth-order valence-corrected chi connectivity index (χ4v) is 2.77. The zero-order valence-corrected chi connectivity index (χ0v) is 16.7. The van der Waals surface area contributed by atoms with E-state index in [1.807, 2.05) is 38.1 Å². The van der Waals surface area contributed by atoms with Crippen LogP contribution in [0.3, 0.4) is 0 Å². The van der Waals surface area contributed by atoms with Crippen molar-refractivity contribution in [2.45, 2.75) is 18.7 Å². The largest absolute Gasteiger partial charge is 0.446 e. The van der Waals surface area contributed by atoms with Crippen LogP contribution in [0.2, 0.25) is 0 Å². The lowest BCUT2D eigenvalue weighted by Gasteiger charge is -2.01. The van der Waals surface area contributed by atoms with Gasteiger partial charge in [0.25, 0.3) is 0 Å². The second-order valence-corrected chi connectivity index (χ2v) is 6.83. The van der Waals surface area contributed by atoms with Crippen LogP contribution in [0, 0.1) is 13.8 Å². The first-order valence-electron chi connectivity index (χ1n) is 8.67. The van der Waals surface area contributed by atoms with Crippen molar-refractivity contribution in [1.29, 1.82) is 0 Å². The molecule has 3 aromatic rings. The Labute approximate surface area is 172 Å². The smallest absolute Gasteiger partial charge is 0.181 e. The second kappa shape index (κ2) is 10.5. The lowest BCUT2D eigenvalue weighted by Crippen LogP contribution is -1.88. The van der Waals surface area contributed by atoms with E-state index in [0.717, 1.165) is 33.9 Å². The van der Waals surface area contributed by atoms with Gasteiger partial charge in [-0.15, -0.1) is 4.33 Å². The van der Waals surface area contributed by atoms with Crippen LogP contribution in [0.15, 0.2) is 86.8 Å². The maximum absolute atomic E-state index is 8.13. The van der Waals surface area contributed by atoms with Crippen LogP contribution in [-0.4, -0.2) is 11.7 Å². The maximum atomic E-state index is 8.13. The van der Waals surface area contributed by atoms with Crippen molar-refractivity contribution in [3.05, 3.63) is 77.9 Å². The van der Waals surface area contributed by atoms with E-state index in [4.69, 9.17) is 9.99 Å². The van der Waals surface area contributed by atoms with Gasteiger partial charge in [0.05, 0.1) is 29.1 Å². The molecule has 0 heterocycles. The molecule has 7 nitrogen and oxygen atoms in total. The van der Waals surface area contributed by atoms with Crippen LogP contribution < -0.4 is 4.74 Å². The van der Waals surface area contributed by atoms with Gasteiger partial charge in [-0.3, -0.25) is 0 Å². The number of aliphatic imine (C=N–C) groups is 1. The van der Waals surface area contributed by atoms with Gasteiger partial charge in [0.1, 0.15) is 5.75 Å². The van der Waals surface area contributed by atoms with Crippen molar-refractivity contribution in [1.82, 2.24) is 0 Å². The molecular weight excluding hydrogens is 390 g/mol. The average molecular weight is 409 g/mol. The summed E-state index contributed by atoms with van der Waals surface area (Å²) in [5.74, 6) is 0.639. The molecule has 8 heteroatoms. The molecule has 3 aromatic carbocycles. The number of azo groups is 1. The number of ether oxygens (including phenoxy) is 1. The Hall–Kier alpha value is -3.04. The summed E-state index contributed by atoms with van der Waals surface area (Å²) < 4.78 is 9.86. The van der Waals surface area contributed by atoms with Gasteiger partial charge >= 0.3 is 0 Å². The molecule has 29 heavy (non-hydrogen) atoms. The summed E-state index contributed by atoms with van der Waals surface area (Å²) >= 11 is 0.883. The highest BCUT2D eigenvalue weighted by Crippen LogP contribution is 2.25. The van der Waals surface area contributed by atoms with E-state index >= 15 is 0 Å². The van der Waals surface area contributed by atoms with E-state index in [-0.39, 0.29) is 0 Å². The SMILES string of the molecule is Cc1ccc(N=Nc2ccc(OC=Nc3ccc(SOOO)cc3)cc2)c(C)c1. The van der Waals surface area contributed by atoms with Gasteiger partial charge in [-0.1, -0.05) is 22.7 Å². The lowest BCUT2D eigenvalue weighted by atomic mass is 10.1. The Morgan fingerprint density at radius 2 is 1.59 bits per heavy atom. The molecule has 0 aliphatic heterocycles. The van der Waals surface area contributed by atoms with Crippen LogP contribution in [0.4, 0.5) is 17.1 Å². The van der Waals surface area contributed by atoms with Crippen LogP contribution in [0.5, 0.6) is 5.75 Å². The van der Waals surface area contributed by atoms with Gasteiger partial charge in [0.2, 0.25) is 0 Å². The summed E-state index contributed by atoms with van der Waals surface area (Å²) in [6.07, 6.45) is 1.36. The van der Waals surface area contributed by atoms with Crippen molar-refractivity contribution < 1.29 is 19.4 Å². The molecule has 1 N–H and O–H groups in total. The Morgan fingerprint density at radius 3 is 2.28 bits per heavy atom. The third kappa shape index (κ3) is 6.51. The highest BCUT2D eigenvalue weighted by molar-refractivity contribution is 7.94. The van der Waals surface area contributed by atoms with Crippen molar-refractivity contribution in [2.75, 3.05) is 0 Å². The monoisotopic (exact) mass is 409 g/mol. The summed E-state index contributed by atoms with van der Waals surface area (Å²) in [4.78, 5) is 4.97. The standard InChI is InChI=1S/C21H19N3O4S/c1-15-3-12-21(16(2)13-15)24-23-18-4-8-19(9-5-18)26-14-22-17-6-10-20(11-7-17)29-28-27-25/h3-14,25H,1-2H3. The molecule has 0 fully saturated rings. The van der Waals surface area contributed by atoms with Crippen molar-refractivity contribution in [3.63, 3.8) is 0 Å². The quantitative estimate of drug-likeness (QED) is 0.109. The zero-order valence-electron chi connectivity index (χ0n) is 15.9. The summed E-state index contributed by atoms with van der Waals surface area (Å²) in [6.45, 7) is 4.06. The number of nitrogens with zero attached hydrogens (tertiary/aromatic N) is 3. The molecule has 0 aromatic heterocycles. The van der Waals surface area contributed by atoms with E-state index in [9.17, 15) is 0 Å². The minimum absolute atomic E-state index is 0.639. The zero-order chi connectivity index (χ0) is 20.5. The Bertz CT molecular complexity index is 990. The molecule has 0 saturated heterocycles. The number of hydrogen-bond acceptors (Lipinski definition) is 8. The van der Waals surface area contributed by atoms with E-state index in [1.54, 1.807) is 36.4 Å². The van der Waals surface area contributed by atoms with Crippen LogP contribution in [0.25, 0.3) is 0 Å². The summed E-state index contributed by atoms with van der Waals surface area (Å²) in [5, 5.41) is 20.2. The summed E-state index contributed by atoms with van der Waals surface area (Å²) in [6, 6.07) is 20.4. The number of aryl methyl sites for hydroxylation is 2. The van der Waals surface area contributed by atoms with Gasteiger partial charge in [0.15, 0.2) is 6.40 Å². The molecule has 3 rings (SSSR count).